The van der Waals surface area contributed by atoms with E-state index in [-0.39, 0.29) is 11.8 Å². The summed E-state index contributed by atoms with van der Waals surface area (Å²) in [5, 5.41) is 12.5. The molecule has 5 heteroatoms. The van der Waals surface area contributed by atoms with Gasteiger partial charge in [-0.05, 0) is 43.7 Å². The molecule has 1 saturated carbocycles. The third-order valence-corrected chi connectivity index (χ3v) is 5.23. The Bertz CT molecular complexity index is 615. The third kappa shape index (κ3) is 4.97. The average molecular weight is 347 g/mol. The van der Waals surface area contributed by atoms with Crippen LogP contribution in [-0.2, 0) is 16.0 Å². The number of amides is 1. The molecule has 2 N–H and O–H groups in total. The molecule has 0 aromatic heterocycles. The van der Waals surface area contributed by atoms with Crippen LogP contribution in [0.25, 0.3) is 0 Å². The van der Waals surface area contributed by atoms with E-state index in [4.69, 9.17) is 4.74 Å². The van der Waals surface area contributed by atoms with Gasteiger partial charge in [-0.3, -0.25) is 9.59 Å². The van der Waals surface area contributed by atoms with Crippen LogP contribution in [0.4, 0.5) is 0 Å². The first kappa shape index (κ1) is 19.3. The molecule has 1 aliphatic rings. The van der Waals surface area contributed by atoms with Gasteiger partial charge in [-0.1, -0.05) is 38.0 Å². The Labute approximate surface area is 149 Å². The Hall–Kier alpha value is -2.04. The standard InChI is InChI=1S/C20H29NO4/c1-14(12-15-8-4-5-10-17(15)25-3)13-18(22)21-20(2)11-7-6-9-16(20)19(23)24/h4-5,8,10,14,16H,6-7,9,11-13H2,1-3H3,(H,21,22)(H,23,24). The van der Waals surface area contributed by atoms with Gasteiger partial charge in [0.2, 0.25) is 5.91 Å². The number of nitrogens with one attached hydrogen (secondary N) is 1. The minimum atomic E-state index is -0.815. The third-order valence-electron chi connectivity index (χ3n) is 5.23. The lowest BCUT2D eigenvalue weighted by atomic mass is 9.73. The molecule has 1 amide bonds. The van der Waals surface area contributed by atoms with E-state index < -0.39 is 17.4 Å². The lowest BCUT2D eigenvalue weighted by Gasteiger charge is -2.40. The van der Waals surface area contributed by atoms with Crippen LogP contribution in [0.1, 0.15) is 51.5 Å². The normalized spacial score (nSPS) is 24.4. The summed E-state index contributed by atoms with van der Waals surface area (Å²) in [6, 6.07) is 7.82. The maximum atomic E-state index is 12.5. The van der Waals surface area contributed by atoms with Gasteiger partial charge in [0.1, 0.15) is 5.75 Å². The number of para-hydroxylation sites is 1. The van der Waals surface area contributed by atoms with E-state index >= 15 is 0 Å². The zero-order valence-corrected chi connectivity index (χ0v) is 15.4. The second-order valence-electron chi connectivity index (χ2n) is 7.43. The van der Waals surface area contributed by atoms with Crippen molar-refractivity contribution in [1.29, 1.82) is 0 Å². The SMILES string of the molecule is COc1ccccc1CC(C)CC(=O)NC1(C)CCCCC1C(=O)O. The van der Waals surface area contributed by atoms with Crippen molar-refractivity contribution in [3.8, 4) is 5.75 Å². The Morgan fingerprint density at radius 2 is 2.08 bits per heavy atom. The molecule has 3 atom stereocenters. The Kier molecular flexibility index (Phi) is 6.45. The van der Waals surface area contributed by atoms with E-state index in [2.05, 4.69) is 5.32 Å². The van der Waals surface area contributed by atoms with Crippen molar-refractivity contribution in [2.75, 3.05) is 7.11 Å². The van der Waals surface area contributed by atoms with Gasteiger partial charge in [-0.15, -0.1) is 0 Å². The second kappa shape index (κ2) is 8.37. The highest BCUT2D eigenvalue weighted by Crippen LogP contribution is 2.34. The molecule has 1 aliphatic carbocycles. The van der Waals surface area contributed by atoms with Gasteiger partial charge in [0.25, 0.3) is 0 Å². The fourth-order valence-electron chi connectivity index (χ4n) is 3.88. The van der Waals surface area contributed by atoms with Crippen LogP contribution in [0.3, 0.4) is 0 Å². The summed E-state index contributed by atoms with van der Waals surface area (Å²) in [6.45, 7) is 3.90. The van der Waals surface area contributed by atoms with E-state index in [1.807, 2.05) is 38.1 Å². The molecule has 0 heterocycles. The summed E-state index contributed by atoms with van der Waals surface area (Å²) in [5.74, 6) is -0.413. The number of carboxylic acid groups (broad SMARTS) is 1. The van der Waals surface area contributed by atoms with Crippen molar-refractivity contribution in [1.82, 2.24) is 5.32 Å². The first-order chi connectivity index (χ1) is 11.9. The van der Waals surface area contributed by atoms with Crippen LogP contribution >= 0.6 is 0 Å². The molecular weight excluding hydrogens is 318 g/mol. The molecule has 3 unspecified atom stereocenters. The first-order valence-corrected chi connectivity index (χ1v) is 9.01. The highest BCUT2D eigenvalue weighted by molar-refractivity contribution is 5.79. The van der Waals surface area contributed by atoms with Gasteiger partial charge in [0.15, 0.2) is 0 Å². The van der Waals surface area contributed by atoms with Gasteiger partial charge >= 0.3 is 5.97 Å². The van der Waals surface area contributed by atoms with E-state index in [0.717, 1.165) is 37.0 Å². The molecule has 0 saturated heterocycles. The van der Waals surface area contributed by atoms with E-state index in [9.17, 15) is 14.7 Å². The van der Waals surface area contributed by atoms with Crippen molar-refractivity contribution < 1.29 is 19.4 Å². The van der Waals surface area contributed by atoms with Crippen LogP contribution in [0.15, 0.2) is 24.3 Å². The summed E-state index contributed by atoms with van der Waals surface area (Å²) in [7, 11) is 1.65. The molecule has 1 aromatic carbocycles. The smallest absolute Gasteiger partial charge is 0.308 e. The topological polar surface area (TPSA) is 75.6 Å². The van der Waals surface area contributed by atoms with Crippen LogP contribution < -0.4 is 10.1 Å². The molecule has 25 heavy (non-hydrogen) atoms. The molecule has 1 aromatic rings. The number of aliphatic carboxylic acids is 1. The highest BCUT2D eigenvalue weighted by atomic mass is 16.5. The summed E-state index contributed by atoms with van der Waals surface area (Å²) in [5.41, 5.74) is 0.434. The number of ether oxygens (including phenoxy) is 1. The molecule has 0 radical (unpaired) electrons. The number of rotatable bonds is 7. The van der Waals surface area contributed by atoms with Crippen molar-refractivity contribution in [3.05, 3.63) is 29.8 Å². The number of carboxylic acids is 1. The molecule has 2 rings (SSSR count). The minimum absolute atomic E-state index is 0.0713. The number of benzene rings is 1. The molecule has 138 valence electrons. The van der Waals surface area contributed by atoms with E-state index in [0.29, 0.717) is 12.8 Å². The van der Waals surface area contributed by atoms with Crippen LogP contribution in [0.5, 0.6) is 5.75 Å². The Morgan fingerprint density at radius 3 is 2.76 bits per heavy atom. The maximum Gasteiger partial charge on any atom is 0.308 e. The summed E-state index contributed by atoms with van der Waals surface area (Å²) in [6.07, 6.45) is 4.33. The van der Waals surface area contributed by atoms with Crippen molar-refractivity contribution >= 4 is 11.9 Å². The number of carbonyl (C=O) groups is 2. The molecule has 0 aliphatic heterocycles. The monoisotopic (exact) mass is 347 g/mol. The summed E-state index contributed by atoms with van der Waals surface area (Å²) < 4.78 is 5.36. The molecular formula is C20H29NO4. The zero-order chi connectivity index (χ0) is 18.4. The fourth-order valence-corrected chi connectivity index (χ4v) is 3.88. The molecule has 0 bridgehead atoms. The number of hydrogen-bond donors (Lipinski definition) is 2. The molecule has 0 spiro atoms. The van der Waals surface area contributed by atoms with Crippen LogP contribution in [0, 0.1) is 11.8 Å². The van der Waals surface area contributed by atoms with Crippen LogP contribution in [0.2, 0.25) is 0 Å². The Morgan fingerprint density at radius 1 is 1.36 bits per heavy atom. The van der Waals surface area contributed by atoms with Crippen molar-refractivity contribution in [3.63, 3.8) is 0 Å². The lowest BCUT2D eigenvalue weighted by molar-refractivity contribution is -0.146. The lowest BCUT2D eigenvalue weighted by Crippen LogP contribution is -2.55. The van der Waals surface area contributed by atoms with Crippen molar-refractivity contribution in [2.45, 2.75) is 57.9 Å². The first-order valence-electron chi connectivity index (χ1n) is 9.01. The Balaban J connectivity index is 1.95. The summed E-state index contributed by atoms with van der Waals surface area (Å²) in [4.78, 5) is 24.0. The van der Waals surface area contributed by atoms with Gasteiger partial charge in [0, 0.05) is 6.42 Å². The summed E-state index contributed by atoms with van der Waals surface area (Å²) >= 11 is 0. The van der Waals surface area contributed by atoms with Crippen molar-refractivity contribution in [2.24, 2.45) is 11.8 Å². The zero-order valence-electron chi connectivity index (χ0n) is 15.4. The minimum Gasteiger partial charge on any atom is -0.496 e. The van der Waals surface area contributed by atoms with E-state index in [1.165, 1.54) is 0 Å². The average Bonchev–Trinajstić information content (AvgIpc) is 2.54. The largest absolute Gasteiger partial charge is 0.496 e. The van der Waals surface area contributed by atoms with Gasteiger partial charge in [-0.2, -0.15) is 0 Å². The van der Waals surface area contributed by atoms with E-state index in [1.54, 1.807) is 7.11 Å². The molecule has 5 nitrogen and oxygen atoms in total. The number of methoxy groups -OCH3 is 1. The predicted molar refractivity (Wildman–Crippen MR) is 96.6 cm³/mol. The number of hydrogen-bond acceptors (Lipinski definition) is 3. The van der Waals surface area contributed by atoms with Gasteiger partial charge < -0.3 is 15.2 Å². The quantitative estimate of drug-likeness (QED) is 0.792. The second-order valence-corrected chi connectivity index (χ2v) is 7.43. The predicted octanol–water partition coefficient (Wildman–Crippen LogP) is 3.41. The fraction of sp³-hybridized carbons (Fsp3) is 0.600. The van der Waals surface area contributed by atoms with Gasteiger partial charge in [-0.25, -0.2) is 0 Å². The molecule has 1 fully saturated rings. The van der Waals surface area contributed by atoms with Crippen LogP contribution in [-0.4, -0.2) is 29.6 Å². The number of carbonyl (C=O) groups excluding carboxylic acids is 1. The van der Waals surface area contributed by atoms with Gasteiger partial charge in [0.05, 0.1) is 18.6 Å². The highest BCUT2D eigenvalue weighted by Gasteiger charge is 2.42. The maximum absolute atomic E-state index is 12.5.